The number of nitrogens with zero attached hydrogens (tertiary/aromatic N) is 1. The Morgan fingerprint density at radius 3 is 2.72 bits per heavy atom. The number of aromatic nitrogens is 1. The summed E-state index contributed by atoms with van der Waals surface area (Å²) in [5, 5.41) is 12.6. The molecular weight excluding hydrogens is 252 g/mol. The molecule has 1 amide bonds. The Balaban J connectivity index is 2.01. The summed E-state index contributed by atoms with van der Waals surface area (Å²) >= 11 is 1.55. The molecule has 2 N–H and O–H groups in total. The number of carboxylic acid groups (broad SMARTS) is 1. The summed E-state index contributed by atoms with van der Waals surface area (Å²) in [6, 6.07) is -0.236. The number of rotatable bonds is 5. The number of hydrogen-bond acceptors (Lipinski definition) is 4. The van der Waals surface area contributed by atoms with Crippen molar-refractivity contribution in [2.75, 3.05) is 0 Å². The van der Waals surface area contributed by atoms with Gasteiger partial charge in [-0.15, -0.1) is 11.3 Å². The summed E-state index contributed by atoms with van der Waals surface area (Å²) in [5.41, 5.74) is -1.18. The summed E-state index contributed by atoms with van der Waals surface area (Å²) in [6.07, 6.45) is 3.57. The topological polar surface area (TPSA) is 79.3 Å². The standard InChI is InChI=1S/C12H16N2O3S/c1-3-8-6-13-9(18-8)7(2)14-10(15)12(4-5-12)11(16)17/h6-7H,3-5H2,1-2H3,(H,14,15)(H,16,17). The molecule has 0 aliphatic heterocycles. The van der Waals surface area contributed by atoms with E-state index < -0.39 is 17.3 Å². The van der Waals surface area contributed by atoms with Gasteiger partial charge in [-0.3, -0.25) is 9.59 Å². The van der Waals surface area contributed by atoms with Crippen LogP contribution in [0.25, 0.3) is 0 Å². The molecule has 0 radical (unpaired) electrons. The van der Waals surface area contributed by atoms with Crippen LogP contribution in [-0.4, -0.2) is 22.0 Å². The lowest BCUT2D eigenvalue weighted by Crippen LogP contribution is -2.38. The van der Waals surface area contributed by atoms with Crippen LogP contribution in [0.3, 0.4) is 0 Å². The molecule has 1 heterocycles. The van der Waals surface area contributed by atoms with Gasteiger partial charge in [0.1, 0.15) is 10.4 Å². The Hall–Kier alpha value is -1.43. The lowest BCUT2D eigenvalue weighted by molar-refractivity contribution is -0.149. The van der Waals surface area contributed by atoms with Gasteiger partial charge in [0.25, 0.3) is 0 Å². The molecule has 98 valence electrons. The monoisotopic (exact) mass is 268 g/mol. The first-order valence-corrected chi connectivity index (χ1v) is 6.80. The van der Waals surface area contributed by atoms with Gasteiger partial charge in [0.2, 0.25) is 5.91 Å². The van der Waals surface area contributed by atoms with E-state index in [-0.39, 0.29) is 6.04 Å². The van der Waals surface area contributed by atoms with E-state index >= 15 is 0 Å². The predicted molar refractivity (Wildman–Crippen MR) is 67.4 cm³/mol. The number of aliphatic carboxylic acids is 1. The van der Waals surface area contributed by atoms with Crippen LogP contribution in [0.5, 0.6) is 0 Å². The largest absolute Gasteiger partial charge is 0.480 e. The van der Waals surface area contributed by atoms with E-state index in [1.54, 1.807) is 17.5 Å². The van der Waals surface area contributed by atoms with Gasteiger partial charge in [-0.2, -0.15) is 0 Å². The minimum atomic E-state index is -1.18. The minimum absolute atomic E-state index is 0.236. The first-order valence-electron chi connectivity index (χ1n) is 5.98. The molecule has 0 spiro atoms. The van der Waals surface area contributed by atoms with Crippen molar-refractivity contribution in [3.8, 4) is 0 Å². The van der Waals surface area contributed by atoms with Crippen LogP contribution in [0, 0.1) is 5.41 Å². The number of thiazole rings is 1. The van der Waals surface area contributed by atoms with E-state index in [1.165, 1.54) is 0 Å². The summed E-state index contributed by atoms with van der Waals surface area (Å²) in [6.45, 7) is 3.87. The van der Waals surface area contributed by atoms with Crippen molar-refractivity contribution in [3.05, 3.63) is 16.1 Å². The van der Waals surface area contributed by atoms with Crippen LogP contribution in [0.15, 0.2) is 6.20 Å². The number of nitrogens with one attached hydrogen (secondary N) is 1. The quantitative estimate of drug-likeness (QED) is 0.797. The molecule has 2 rings (SSSR count). The van der Waals surface area contributed by atoms with Gasteiger partial charge >= 0.3 is 5.97 Å². The SMILES string of the molecule is CCc1cnc(C(C)NC(=O)C2(C(=O)O)CC2)s1. The maximum atomic E-state index is 11.9. The maximum Gasteiger partial charge on any atom is 0.319 e. The molecular formula is C12H16N2O3S. The number of carbonyl (C=O) groups excluding carboxylic acids is 1. The predicted octanol–water partition coefficient (Wildman–Crippen LogP) is 1.75. The molecule has 5 nitrogen and oxygen atoms in total. The number of hydrogen-bond donors (Lipinski definition) is 2. The van der Waals surface area contributed by atoms with Crippen molar-refractivity contribution < 1.29 is 14.7 Å². The number of carboxylic acids is 1. The highest BCUT2D eigenvalue weighted by atomic mass is 32.1. The smallest absolute Gasteiger partial charge is 0.319 e. The van der Waals surface area contributed by atoms with Gasteiger partial charge < -0.3 is 10.4 Å². The Bertz CT molecular complexity index is 479. The van der Waals surface area contributed by atoms with Crippen LogP contribution in [-0.2, 0) is 16.0 Å². The van der Waals surface area contributed by atoms with Crippen molar-refractivity contribution in [2.45, 2.75) is 39.2 Å². The van der Waals surface area contributed by atoms with E-state index in [4.69, 9.17) is 5.11 Å². The fourth-order valence-electron chi connectivity index (χ4n) is 1.75. The van der Waals surface area contributed by atoms with Gasteiger partial charge in [0, 0.05) is 11.1 Å². The molecule has 1 fully saturated rings. The third-order valence-corrected chi connectivity index (χ3v) is 4.56. The van der Waals surface area contributed by atoms with E-state index in [2.05, 4.69) is 10.3 Å². The third-order valence-electron chi connectivity index (χ3n) is 3.23. The van der Waals surface area contributed by atoms with Crippen LogP contribution in [0.4, 0.5) is 0 Å². The second kappa shape index (κ2) is 4.68. The normalized spacial score (nSPS) is 18.1. The van der Waals surface area contributed by atoms with Crippen LogP contribution >= 0.6 is 11.3 Å². The fraction of sp³-hybridized carbons (Fsp3) is 0.583. The van der Waals surface area contributed by atoms with Gasteiger partial charge in [-0.25, -0.2) is 4.98 Å². The Kier molecular flexibility index (Phi) is 3.38. The lowest BCUT2D eigenvalue weighted by Gasteiger charge is -2.15. The van der Waals surface area contributed by atoms with E-state index in [1.807, 2.05) is 13.8 Å². The van der Waals surface area contributed by atoms with Crippen molar-refractivity contribution >= 4 is 23.2 Å². The molecule has 1 atom stereocenters. The molecule has 1 aromatic heterocycles. The molecule has 1 aliphatic rings. The van der Waals surface area contributed by atoms with Crippen LogP contribution < -0.4 is 5.32 Å². The fourth-order valence-corrected chi connectivity index (χ4v) is 2.61. The van der Waals surface area contributed by atoms with E-state index in [0.717, 1.165) is 16.3 Å². The molecule has 1 unspecified atom stereocenters. The summed E-state index contributed by atoms with van der Waals surface area (Å²) in [5.74, 6) is -1.42. The van der Waals surface area contributed by atoms with Crippen LogP contribution in [0.2, 0.25) is 0 Å². The average molecular weight is 268 g/mol. The first kappa shape index (κ1) is 13.0. The zero-order valence-electron chi connectivity index (χ0n) is 10.4. The lowest BCUT2D eigenvalue weighted by atomic mass is 10.1. The van der Waals surface area contributed by atoms with Crippen molar-refractivity contribution in [1.82, 2.24) is 10.3 Å². The summed E-state index contributed by atoms with van der Waals surface area (Å²) < 4.78 is 0. The van der Waals surface area contributed by atoms with Crippen molar-refractivity contribution in [3.63, 3.8) is 0 Å². The molecule has 0 bridgehead atoms. The second-order valence-corrected chi connectivity index (χ2v) is 5.75. The van der Waals surface area contributed by atoms with Gasteiger partial charge in [-0.1, -0.05) is 6.92 Å². The Morgan fingerprint density at radius 1 is 1.61 bits per heavy atom. The van der Waals surface area contributed by atoms with Crippen LogP contribution in [0.1, 0.15) is 42.6 Å². The maximum absolute atomic E-state index is 11.9. The Labute approximate surface area is 109 Å². The molecule has 18 heavy (non-hydrogen) atoms. The summed E-state index contributed by atoms with van der Waals surface area (Å²) in [4.78, 5) is 28.3. The summed E-state index contributed by atoms with van der Waals surface area (Å²) in [7, 11) is 0. The molecule has 0 saturated heterocycles. The average Bonchev–Trinajstić information content (AvgIpc) is 3.01. The minimum Gasteiger partial charge on any atom is -0.480 e. The molecule has 1 aromatic rings. The number of carbonyl (C=O) groups is 2. The highest BCUT2D eigenvalue weighted by Crippen LogP contribution is 2.46. The number of amides is 1. The zero-order chi connectivity index (χ0) is 13.3. The van der Waals surface area contributed by atoms with E-state index in [9.17, 15) is 9.59 Å². The highest BCUT2D eigenvalue weighted by molar-refractivity contribution is 7.11. The molecule has 6 heteroatoms. The van der Waals surface area contributed by atoms with Gasteiger partial charge in [0.05, 0.1) is 6.04 Å². The van der Waals surface area contributed by atoms with Crippen molar-refractivity contribution in [2.24, 2.45) is 5.41 Å². The van der Waals surface area contributed by atoms with Crippen molar-refractivity contribution in [1.29, 1.82) is 0 Å². The highest BCUT2D eigenvalue weighted by Gasteiger charge is 2.57. The van der Waals surface area contributed by atoms with Gasteiger partial charge in [0.15, 0.2) is 0 Å². The third kappa shape index (κ3) is 2.25. The molecule has 0 aromatic carbocycles. The van der Waals surface area contributed by atoms with E-state index in [0.29, 0.717) is 12.8 Å². The number of aryl methyl sites for hydroxylation is 1. The molecule has 1 aliphatic carbocycles. The Morgan fingerprint density at radius 2 is 2.28 bits per heavy atom. The first-order chi connectivity index (χ1) is 8.49. The van der Waals surface area contributed by atoms with Gasteiger partial charge in [-0.05, 0) is 26.2 Å². The zero-order valence-corrected chi connectivity index (χ0v) is 11.2. The molecule has 1 saturated carbocycles. The second-order valence-electron chi connectivity index (χ2n) is 4.60.